The van der Waals surface area contributed by atoms with Gasteiger partial charge in [0, 0.05) is 5.56 Å². The number of rotatable bonds is 6. The van der Waals surface area contributed by atoms with Gasteiger partial charge in [-0.3, -0.25) is 5.43 Å². The first kappa shape index (κ1) is 24.2. The van der Waals surface area contributed by atoms with Crippen molar-refractivity contribution in [1.29, 1.82) is 0 Å². The summed E-state index contributed by atoms with van der Waals surface area (Å²) in [6, 6.07) is 19.8. The molecule has 12 heteroatoms. The zero-order valence-corrected chi connectivity index (χ0v) is 19.3. The Morgan fingerprint density at radius 3 is 2.43 bits per heavy atom. The standard InChI is InChI=1S/C23H16ClF3N6OS/c24-19-3-1-2-4-20(19)30-22(35)31-29-13-15-5-7-16(8-6-15)21-28-14-33(32-21)17-9-11-18(12-10-17)34-23(25,26)27/h1-14H,(H2,30,31,35)/b29-13+. The fourth-order valence-electron chi connectivity index (χ4n) is 2.92. The number of para-hydroxylation sites is 1. The molecular weight excluding hydrogens is 501 g/mol. The van der Waals surface area contributed by atoms with Crippen molar-refractivity contribution in [3.8, 4) is 22.8 Å². The highest BCUT2D eigenvalue weighted by Crippen LogP contribution is 2.24. The van der Waals surface area contributed by atoms with Gasteiger partial charge in [-0.25, -0.2) is 9.67 Å². The van der Waals surface area contributed by atoms with Gasteiger partial charge in [0.2, 0.25) is 0 Å². The van der Waals surface area contributed by atoms with E-state index in [1.807, 2.05) is 36.4 Å². The number of ether oxygens (including phenoxy) is 1. The van der Waals surface area contributed by atoms with Crippen molar-refractivity contribution >= 4 is 40.8 Å². The van der Waals surface area contributed by atoms with E-state index in [0.717, 1.165) is 11.1 Å². The number of alkyl halides is 3. The highest BCUT2D eigenvalue weighted by molar-refractivity contribution is 7.80. The molecule has 4 rings (SSSR count). The molecule has 0 atom stereocenters. The summed E-state index contributed by atoms with van der Waals surface area (Å²) >= 11 is 11.3. The molecule has 0 saturated carbocycles. The summed E-state index contributed by atoms with van der Waals surface area (Å²) in [5, 5.41) is 12.3. The van der Waals surface area contributed by atoms with Gasteiger partial charge in [-0.05, 0) is 54.2 Å². The van der Waals surface area contributed by atoms with E-state index in [-0.39, 0.29) is 5.75 Å². The number of hydrogen-bond acceptors (Lipinski definition) is 5. The fourth-order valence-corrected chi connectivity index (χ4v) is 3.26. The first-order chi connectivity index (χ1) is 16.8. The van der Waals surface area contributed by atoms with Crippen LogP contribution in [0.4, 0.5) is 18.9 Å². The predicted octanol–water partition coefficient (Wildman–Crippen LogP) is 5.81. The molecule has 0 bridgehead atoms. The third kappa shape index (κ3) is 6.78. The van der Waals surface area contributed by atoms with Gasteiger partial charge in [-0.15, -0.1) is 18.3 Å². The molecule has 2 N–H and O–H groups in total. The minimum atomic E-state index is -4.74. The van der Waals surface area contributed by atoms with Gasteiger partial charge in [0.25, 0.3) is 0 Å². The molecule has 7 nitrogen and oxygen atoms in total. The average Bonchev–Trinajstić information content (AvgIpc) is 3.31. The van der Waals surface area contributed by atoms with E-state index in [0.29, 0.717) is 27.3 Å². The monoisotopic (exact) mass is 516 g/mol. The lowest BCUT2D eigenvalue weighted by Crippen LogP contribution is -2.23. The van der Waals surface area contributed by atoms with E-state index in [9.17, 15) is 13.2 Å². The average molecular weight is 517 g/mol. The molecule has 0 spiro atoms. The minimum Gasteiger partial charge on any atom is -0.406 e. The van der Waals surface area contributed by atoms with Gasteiger partial charge in [0.15, 0.2) is 10.9 Å². The largest absolute Gasteiger partial charge is 0.573 e. The molecule has 3 aromatic carbocycles. The highest BCUT2D eigenvalue weighted by Gasteiger charge is 2.31. The number of anilines is 1. The minimum absolute atomic E-state index is 0.290. The lowest BCUT2D eigenvalue weighted by molar-refractivity contribution is -0.274. The SMILES string of the molecule is FC(F)(F)Oc1ccc(-n2cnc(-c3ccc(/C=N/NC(=S)Nc4ccccc4Cl)cc3)n2)cc1. The number of halogens is 4. The van der Waals surface area contributed by atoms with Crippen LogP contribution in [0.5, 0.6) is 5.75 Å². The topological polar surface area (TPSA) is 76.4 Å². The van der Waals surface area contributed by atoms with Crippen LogP contribution in [-0.2, 0) is 0 Å². The molecule has 0 aliphatic heterocycles. The quantitative estimate of drug-likeness (QED) is 0.191. The van der Waals surface area contributed by atoms with Crippen molar-refractivity contribution < 1.29 is 17.9 Å². The number of thiocarbonyl (C=S) groups is 1. The molecule has 178 valence electrons. The number of nitrogens with zero attached hydrogens (tertiary/aromatic N) is 4. The first-order valence-corrected chi connectivity index (χ1v) is 10.8. The van der Waals surface area contributed by atoms with Crippen LogP contribution in [0, 0.1) is 0 Å². The first-order valence-electron chi connectivity index (χ1n) is 10.00. The van der Waals surface area contributed by atoms with Crippen molar-refractivity contribution in [3.63, 3.8) is 0 Å². The molecule has 1 aromatic heterocycles. The molecule has 0 aliphatic carbocycles. The third-order valence-electron chi connectivity index (χ3n) is 4.50. The van der Waals surface area contributed by atoms with Gasteiger partial charge in [-0.2, -0.15) is 5.10 Å². The molecule has 4 aromatic rings. The second-order valence-corrected chi connectivity index (χ2v) is 7.80. The van der Waals surface area contributed by atoms with E-state index >= 15 is 0 Å². The van der Waals surface area contributed by atoms with Gasteiger partial charge in [0.1, 0.15) is 12.1 Å². The van der Waals surface area contributed by atoms with E-state index in [1.165, 1.54) is 35.3 Å². The van der Waals surface area contributed by atoms with Crippen molar-refractivity contribution in [2.75, 3.05) is 5.32 Å². The number of hydrogen-bond donors (Lipinski definition) is 2. The van der Waals surface area contributed by atoms with Crippen LogP contribution >= 0.6 is 23.8 Å². The van der Waals surface area contributed by atoms with Crippen LogP contribution in [0.2, 0.25) is 5.02 Å². The van der Waals surface area contributed by atoms with Gasteiger partial charge < -0.3 is 10.1 Å². The van der Waals surface area contributed by atoms with E-state index < -0.39 is 6.36 Å². The van der Waals surface area contributed by atoms with Crippen molar-refractivity contribution in [2.45, 2.75) is 6.36 Å². The second kappa shape index (κ2) is 10.5. The summed E-state index contributed by atoms with van der Waals surface area (Å²) in [5.74, 6) is 0.140. The summed E-state index contributed by atoms with van der Waals surface area (Å²) in [6.07, 6.45) is -1.67. The lowest BCUT2D eigenvalue weighted by Gasteiger charge is -2.09. The maximum Gasteiger partial charge on any atom is 0.573 e. The lowest BCUT2D eigenvalue weighted by atomic mass is 10.1. The van der Waals surface area contributed by atoms with Crippen molar-refractivity contribution in [2.24, 2.45) is 5.10 Å². The highest BCUT2D eigenvalue weighted by atomic mass is 35.5. The van der Waals surface area contributed by atoms with Crippen LogP contribution in [0.1, 0.15) is 5.56 Å². The second-order valence-electron chi connectivity index (χ2n) is 6.98. The maximum absolute atomic E-state index is 12.3. The zero-order chi connectivity index (χ0) is 24.8. The van der Waals surface area contributed by atoms with Gasteiger partial charge in [-0.1, -0.05) is 48.0 Å². The summed E-state index contributed by atoms with van der Waals surface area (Å²) in [6.45, 7) is 0. The smallest absolute Gasteiger partial charge is 0.406 e. The Kier molecular flexibility index (Phi) is 7.28. The Morgan fingerprint density at radius 2 is 1.74 bits per heavy atom. The molecule has 0 saturated heterocycles. The van der Waals surface area contributed by atoms with E-state index in [4.69, 9.17) is 23.8 Å². The van der Waals surface area contributed by atoms with Crippen LogP contribution < -0.4 is 15.5 Å². The summed E-state index contributed by atoms with van der Waals surface area (Å²) < 4.78 is 42.3. The molecular formula is C23H16ClF3N6OS. The fraction of sp³-hybridized carbons (Fsp3) is 0.0435. The van der Waals surface area contributed by atoms with Crippen molar-refractivity contribution in [3.05, 3.63) is 89.7 Å². The Labute approximate surface area is 208 Å². The number of benzene rings is 3. The van der Waals surface area contributed by atoms with Crippen LogP contribution in [0.3, 0.4) is 0 Å². The Bertz CT molecular complexity index is 1340. The molecule has 0 aliphatic rings. The normalized spacial score (nSPS) is 11.4. The van der Waals surface area contributed by atoms with E-state index in [2.05, 4.69) is 30.7 Å². The maximum atomic E-state index is 12.3. The summed E-state index contributed by atoms with van der Waals surface area (Å²) in [4.78, 5) is 4.27. The number of hydrazone groups is 1. The Balaban J connectivity index is 1.35. The number of nitrogens with one attached hydrogen (secondary N) is 2. The third-order valence-corrected chi connectivity index (χ3v) is 5.02. The Hall–Kier alpha value is -3.96. The molecule has 0 amide bonds. The molecule has 0 unspecified atom stereocenters. The van der Waals surface area contributed by atoms with E-state index in [1.54, 1.807) is 18.3 Å². The van der Waals surface area contributed by atoms with Gasteiger partial charge in [0.05, 0.1) is 22.6 Å². The molecule has 0 fully saturated rings. The van der Waals surface area contributed by atoms with Crippen molar-refractivity contribution in [1.82, 2.24) is 20.2 Å². The molecule has 35 heavy (non-hydrogen) atoms. The van der Waals surface area contributed by atoms with Crippen LogP contribution in [-0.4, -0.2) is 32.5 Å². The number of aromatic nitrogens is 3. The zero-order valence-electron chi connectivity index (χ0n) is 17.7. The van der Waals surface area contributed by atoms with Crippen LogP contribution in [0.15, 0.2) is 84.2 Å². The molecule has 0 radical (unpaired) electrons. The predicted molar refractivity (Wildman–Crippen MR) is 132 cm³/mol. The Morgan fingerprint density at radius 1 is 1.03 bits per heavy atom. The van der Waals surface area contributed by atoms with Crippen LogP contribution in [0.25, 0.3) is 17.1 Å². The summed E-state index contributed by atoms with van der Waals surface area (Å²) in [7, 11) is 0. The van der Waals surface area contributed by atoms with Gasteiger partial charge >= 0.3 is 6.36 Å². The summed E-state index contributed by atoms with van der Waals surface area (Å²) in [5.41, 5.74) is 5.49. The molecule has 1 heterocycles.